The number of quaternary nitrogens is 1. The largest absolute Gasteiger partial charge is 0.382 e. The zero-order valence-corrected chi connectivity index (χ0v) is 19.6. The first-order valence-corrected chi connectivity index (χ1v) is 10.6. The van der Waals surface area contributed by atoms with Gasteiger partial charge in [-0.25, -0.2) is 0 Å². The monoisotopic (exact) mass is 396 g/mol. The third kappa shape index (κ3) is 33.7. The van der Waals surface area contributed by atoms with Crippen molar-refractivity contribution in [1.29, 1.82) is 0 Å². The number of hydrogen-bond donors (Lipinski definition) is 1. The summed E-state index contributed by atoms with van der Waals surface area (Å²) < 4.78 is 25.9. The fourth-order valence-electron chi connectivity index (χ4n) is 1.42. The topological polar surface area (TPSA) is 73.8 Å². The molecular weight excluding hydrogens is 346 g/mol. The molecule has 0 saturated carbocycles. The van der Waals surface area contributed by atoms with Crippen LogP contribution in [-0.4, -0.2) is 71.6 Å². The molecule has 3 N–H and O–H groups in total. The van der Waals surface area contributed by atoms with Crippen LogP contribution in [0.1, 0.15) is 67.7 Å². The minimum Gasteiger partial charge on any atom is -0.382 e. The van der Waals surface area contributed by atoms with E-state index in [0.29, 0.717) is 31.5 Å². The van der Waals surface area contributed by atoms with Gasteiger partial charge in [-0.3, -0.25) is 0 Å². The molecule has 0 aliphatic heterocycles. The van der Waals surface area contributed by atoms with Crippen molar-refractivity contribution >= 4 is 0 Å². The molecule has 0 saturated heterocycles. The van der Waals surface area contributed by atoms with Crippen LogP contribution in [0.5, 0.6) is 0 Å². The van der Waals surface area contributed by atoms with Gasteiger partial charge in [0.1, 0.15) is 0 Å². The maximum atomic E-state index is 5.37. The molecule has 0 bridgehead atoms. The van der Waals surface area contributed by atoms with E-state index < -0.39 is 0 Å². The molecule has 0 rings (SSSR count). The summed E-state index contributed by atoms with van der Waals surface area (Å²) in [6, 6.07) is 0. The summed E-state index contributed by atoms with van der Waals surface area (Å²) in [5.41, 5.74) is 3.67. The highest BCUT2D eigenvalue weighted by atomic mass is 16.5. The van der Waals surface area contributed by atoms with Crippen LogP contribution in [0.4, 0.5) is 0 Å². The van der Waals surface area contributed by atoms with Gasteiger partial charge in [-0.1, -0.05) is 20.8 Å². The van der Waals surface area contributed by atoms with Crippen LogP contribution in [0.3, 0.4) is 0 Å². The highest BCUT2D eigenvalue weighted by Crippen LogP contribution is 1.95. The summed E-state index contributed by atoms with van der Waals surface area (Å²) in [6.45, 7) is 19.9. The number of methoxy groups -OCH3 is 1. The third-order valence-electron chi connectivity index (χ3n) is 3.80. The van der Waals surface area contributed by atoms with Gasteiger partial charge in [-0.05, 0) is 47.0 Å². The lowest BCUT2D eigenvalue weighted by atomic mass is 10.3. The Hall–Kier alpha value is -0.240. The molecule has 6 nitrogen and oxygen atoms in total. The van der Waals surface area contributed by atoms with E-state index >= 15 is 0 Å². The molecule has 168 valence electrons. The molecule has 0 aliphatic carbocycles. The Kier molecular flexibility index (Phi) is 32.6. The van der Waals surface area contributed by atoms with Gasteiger partial charge < -0.3 is 29.4 Å². The molecule has 0 radical (unpaired) electrons. The minimum absolute atomic E-state index is 0.375. The van der Waals surface area contributed by atoms with Crippen molar-refractivity contribution in [2.45, 2.75) is 86.0 Å². The second kappa shape index (κ2) is 28.0. The SMILES string of the molecule is CCC(C)OCCOC.CCC(C)OCC[NH3+].CCOCCOC(C)CC. The lowest BCUT2D eigenvalue weighted by Crippen LogP contribution is -2.52. The molecule has 27 heavy (non-hydrogen) atoms. The molecule has 3 atom stereocenters. The minimum atomic E-state index is 0.375. The molecule has 0 aliphatic rings. The lowest BCUT2D eigenvalue weighted by Gasteiger charge is -2.09. The quantitative estimate of drug-likeness (QED) is 0.430. The Morgan fingerprint density at radius 2 is 1.04 bits per heavy atom. The van der Waals surface area contributed by atoms with Crippen LogP contribution in [0, 0.1) is 0 Å². The number of ether oxygens (including phenoxy) is 5. The summed E-state index contributed by atoms with van der Waals surface area (Å²) >= 11 is 0. The van der Waals surface area contributed by atoms with Gasteiger partial charge >= 0.3 is 0 Å². The molecule has 3 unspecified atom stereocenters. The van der Waals surface area contributed by atoms with Crippen LogP contribution < -0.4 is 5.73 Å². The summed E-state index contributed by atoms with van der Waals surface area (Å²) in [4.78, 5) is 0. The predicted molar refractivity (Wildman–Crippen MR) is 113 cm³/mol. The van der Waals surface area contributed by atoms with Crippen molar-refractivity contribution < 1.29 is 29.4 Å². The van der Waals surface area contributed by atoms with E-state index in [9.17, 15) is 0 Å². The van der Waals surface area contributed by atoms with Gasteiger partial charge in [0, 0.05) is 13.7 Å². The van der Waals surface area contributed by atoms with Crippen molar-refractivity contribution in [1.82, 2.24) is 0 Å². The zero-order chi connectivity index (χ0) is 21.3. The summed E-state index contributed by atoms with van der Waals surface area (Å²) in [5.74, 6) is 0. The highest BCUT2D eigenvalue weighted by molar-refractivity contribution is 4.44. The molecule has 0 fully saturated rings. The number of hydrogen-bond acceptors (Lipinski definition) is 5. The summed E-state index contributed by atoms with van der Waals surface area (Å²) in [5, 5.41) is 0. The van der Waals surface area contributed by atoms with Crippen LogP contribution >= 0.6 is 0 Å². The van der Waals surface area contributed by atoms with Gasteiger partial charge in [-0.2, -0.15) is 0 Å². The average molecular weight is 397 g/mol. The zero-order valence-electron chi connectivity index (χ0n) is 19.6. The van der Waals surface area contributed by atoms with Crippen molar-refractivity contribution in [3.05, 3.63) is 0 Å². The van der Waals surface area contributed by atoms with Gasteiger partial charge in [0.05, 0.1) is 57.9 Å². The van der Waals surface area contributed by atoms with Gasteiger partial charge in [0.15, 0.2) is 0 Å². The second-order valence-electron chi connectivity index (χ2n) is 6.31. The van der Waals surface area contributed by atoms with Crippen molar-refractivity contribution in [3.8, 4) is 0 Å². The van der Waals surface area contributed by atoms with E-state index in [1.54, 1.807) is 7.11 Å². The Bertz CT molecular complexity index is 245. The average Bonchev–Trinajstić information content (AvgIpc) is 2.70. The molecular formula is C21H50NO5+. The Morgan fingerprint density at radius 1 is 0.630 bits per heavy atom. The smallest absolute Gasteiger partial charge is 0.0977 e. The molecule has 6 heteroatoms. The normalized spacial score (nSPS) is 13.7. The van der Waals surface area contributed by atoms with Crippen LogP contribution in [0.25, 0.3) is 0 Å². The first-order chi connectivity index (χ1) is 12.9. The molecule has 0 aromatic rings. The van der Waals surface area contributed by atoms with E-state index in [1.165, 1.54) is 0 Å². The third-order valence-corrected chi connectivity index (χ3v) is 3.80. The molecule has 0 aromatic carbocycles. The fraction of sp³-hybridized carbons (Fsp3) is 1.00. The Labute approximate surface area is 169 Å². The van der Waals surface area contributed by atoms with Crippen molar-refractivity contribution in [2.75, 3.05) is 53.3 Å². The maximum absolute atomic E-state index is 5.37. The maximum Gasteiger partial charge on any atom is 0.0977 e. The lowest BCUT2D eigenvalue weighted by molar-refractivity contribution is -0.375. The number of rotatable bonds is 15. The van der Waals surface area contributed by atoms with E-state index in [-0.39, 0.29) is 0 Å². The first kappa shape index (κ1) is 31.5. The van der Waals surface area contributed by atoms with E-state index in [2.05, 4.69) is 47.3 Å². The van der Waals surface area contributed by atoms with Crippen molar-refractivity contribution in [2.24, 2.45) is 0 Å². The Morgan fingerprint density at radius 3 is 1.37 bits per heavy atom. The fourth-order valence-corrected chi connectivity index (χ4v) is 1.42. The van der Waals surface area contributed by atoms with Crippen LogP contribution in [0.15, 0.2) is 0 Å². The molecule has 0 aromatic heterocycles. The summed E-state index contributed by atoms with van der Waals surface area (Å²) in [6.07, 6.45) is 4.41. The van der Waals surface area contributed by atoms with Crippen LogP contribution in [-0.2, 0) is 23.7 Å². The van der Waals surface area contributed by atoms with E-state index in [4.69, 9.17) is 23.7 Å². The van der Waals surface area contributed by atoms with Gasteiger partial charge in [-0.15, -0.1) is 0 Å². The first-order valence-electron chi connectivity index (χ1n) is 10.6. The Balaban J connectivity index is -0.000000322. The van der Waals surface area contributed by atoms with E-state index in [1.807, 2.05) is 6.92 Å². The molecule has 0 amide bonds. The molecule has 0 heterocycles. The van der Waals surface area contributed by atoms with Gasteiger partial charge in [0.2, 0.25) is 0 Å². The highest BCUT2D eigenvalue weighted by Gasteiger charge is 1.96. The molecule has 0 spiro atoms. The van der Waals surface area contributed by atoms with Gasteiger partial charge in [0.25, 0.3) is 0 Å². The second-order valence-corrected chi connectivity index (χ2v) is 6.31. The van der Waals surface area contributed by atoms with E-state index in [0.717, 1.165) is 52.2 Å². The van der Waals surface area contributed by atoms with Crippen molar-refractivity contribution in [3.63, 3.8) is 0 Å². The summed E-state index contributed by atoms with van der Waals surface area (Å²) in [7, 11) is 1.68. The van der Waals surface area contributed by atoms with Crippen LogP contribution in [0.2, 0.25) is 0 Å². The predicted octanol–water partition coefficient (Wildman–Crippen LogP) is 3.33. The standard InChI is InChI=1S/C8H18O2.C7H16O2.C6H15NO/c1-4-8(3)10-7-6-9-5-2;1-4-7(2)9-6-5-8-3;1-3-6(2)8-5-4-7/h8H,4-7H2,1-3H3;7H,4-6H2,1-3H3;6H,3-5,7H2,1-2H3/p+1.